The average Bonchev–Trinajstić information content (AvgIpc) is 3.21. The largest absolute Gasteiger partial charge is 0.438 e. The zero-order valence-corrected chi connectivity index (χ0v) is 19.0. The van der Waals surface area contributed by atoms with Crippen molar-refractivity contribution in [3.8, 4) is 23.0 Å². The fourth-order valence-corrected chi connectivity index (χ4v) is 3.58. The smallest absolute Gasteiger partial charge is 0.255 e. The van der Waals surface area contributed by atoms with Crippen LogP contribution in [0.25, 0.3) is 22.4 Å². The number of carbonyl (C=O) groups is 1. The summed E-state index contributed by atoms with van der Waals surface area (Å²) in [6, 6.07) is 16.7. The van der Waals surface area contributed by atoms with Crippen molar-refractivity contribution < 1.29 is 9.53 Å². The summed E-state index contributed by atoms with van der Waals surface area (Å²) in [6.45, 7) is 3.90. The average molecular weight is 467 g/mol. The molecule has 0 aliphatic rings. The monoisotopic (exact) mass is 466 g/mol. The van der Waals surface area contributed by atoms with E-state index >= 15 is 0 Å². The quantitative estimate of drug-likeness (QED) is 0.356. The van der Waals surface area contributed by atoms with Crippen LogP contribution in [0.15, 0.2) is 73.2 Å². The number of hydrogen-bond donors (Lipinski definition) is 1. The molecule has 0 aliphatic carbocycles. The van der Waals surface area contributed by atoms with Crippen LogP contribution in [0, 0.1) is 13.8 Å². The number of carbonyl (C=O) groups excluding carboxylic acids is 1. The first-order valence-electron chi connectivity index (χ1n) is 10.7. The molecule has 176 valence electrons. The predicted octanol–water partition coefficient (Wildman–Crippen LogP) is 5.72. The van der Waals surface area contributed by atoms with E-state index in [9.17, 15) is 4.79 Å². The van der Waals surface area contributed by atoms with Gasteiger partial charge in [0.25, 0.3) is 5.91 Å². The second-order valence-electron chi connectivity index (χ2n) is 8.04. The summed E-state index contributed by atoms with van der Waals surface area (Å²) >= 11 is 0. The fourth-order valence-electron chi connectivity index (χ4n) is 3.58. The van der Waals surface area contributed by atoms with E-state index in [0.29, 0.717) is 34.1 Å². The van der Waals surface area contributed by atoms with Gasteiger partial charge in [0.1, 0.15) is 11.1 Å². The van der Waals surface area contributed by atoms with Gasteiger partial charge in [-0.25, -0.2) is 4.98 Å². The molecule has 1 N–H and O–H groups in total. The third-order valence-corrected chi connectivity index (χ3v) is 5.31. The molecule has 5 aromatic rings. The maximum Gasteiger partial charge on any atom is 0.255 e. The number of benzene rings is 2. The lowest BCUT2D eigenvalue weighted by Gasteiger charge is -2.12. The van der Waals surface area contributed by atoms with E-state index in [2.05, 4.69) is 25.4 Å². The molecule has 3 heterocycles. The molecule has 0 unspecified atom stereocenters. The standard InChI is InChI=1S/C26H22N6O2.CH4/c1-16-6-4-8-20(12-16)28-25(33)18-10-9-17(2)22(13-18)34-26-21-15-32(3)31-24(21)29-23(30-26)19-7-5-11-27-14-19;/h4-15H,1-3H3,(H,28,33);1H4. The Hall–Kier alpha value is -4.59. The van der Waals surface area contributed by atoms with Crippen molar-refractivity contribution in [3.63, 3.8) is 0 Å². The Kier molecular flexibility index (Phi) is 6.55. The molecule has 5 rings (SSSR count). The van der Waals surface area contributed by atoms with Crippen LogP contribution in [0.5, 0.6) is 11.6 Å². The summed E-state index contributed by atoms with van der Waals surface area (Å²) in [5.41, 5.74) is 4.42. The molecular weight excluding hydrogens is 440 g/mol. The molecule has 0 bridgehead atoms. The Bertz CT molecular complexity index is 1510. The molecule has 2 aromatic carbocycles. The van der Waals surface area contributed by atoms with Gasteiger partial charge in [0.15, 0.2) is 11.5 Å². The van der Waals surface area contributed by atoms with E-state index in [1.807, 2.05) is 63.4 Å². The SMILES string of the molecule is C.Cc1cccc(NC(=O)c2ccc(C)c(Oc3nc(-c4cccnc4)nc4nn(C)cc34)c2)c1. The molecule has 35 heavy (non-hydrogen) atoms. The number of aromatic nitrogens is 5. The van der Waals surface area contributed by atoms with Gasteiger partial charge < -0.3 is 10.1 Å². The third kappa shape index (κ3) is 5.01. The van der Waals surface area contributed by atoms with Crippen molar-refractivity contribution in [3.05, 3.63) is 89.9 Å². The Labute approximate surface area is 203 Å². The number of aryl methyl sites for hydroxylation is 3. The van der Waals surface area contributed by atoms with Crippen molar-refractivity contribution in [1.82, 2.24) is 24.7 Å². The summed E-state index contributed by atoms with van der Waals surface area (Å²) in [4.78, 5) is 26.2. The van der Waals surface area contributed by atoms with Gasteiger partial charge in [-0.3, -0.25) is 14.5 Å². The highest BCUT2D eigenvalue weighted by molar-refractivity contribution is 6.04. The molecule has 0 aliphatic heterocycles. The summed E-state index contributed by atoms with van der Waals surface area (Å²) in [7, 11) is 1.82. The molecular formula is C27H26N6O2. The molecule has 8 heteroatoms. The van der Waals surface area contributed by atoms with Gasteiger partial charge in [-0.05, 0) is 61.4 Å². The highest BCUT2D eigenvalue weighted by Gasteiger charge is 2.17. The van der Waals surface area contributed by atoms with Crippen LogP contribution >= 0.6 is 0 Å². The minimum Gasteiger partial charge on any atom is -0.438 e. The lowest BCUT2D eigenvalue weighted by atomic mass is 10.1. The van der Waals surface area contributed by atoms with E-state index < -0.39 is 0 Å². The molecule has 8 nitrogen and oxygen atoms in total. The maximum atomic E-state index is 12.9. The number of amides is 1. The highest BCUT2D eigenvalue weighted by atomic mass is 16.5. The number of pyridine rings is 1. The predicted molar refractivity (Wildman–Crippen MR) is 137 cm³/mol. The first kappa shape index (κ1) is 23.6. The second-order valence-corrected chi connectivity index (χ2v) is 8.04. The molecule has 3 aromatic heterocycles. The Balaban J connectivity index is 0.00000289. The number of nitrogens with zero attached hydrogens (tertiary/aromatic N) is 5. The summed E-state index contributed by atoms with van der Waals surface area (Å²) in [6.07, 6.45) is 5.19. The van der Waals surface area contributed by atoms with E-state index in [1.165, 1.54) is 0 Å². The number of anilines is 1. The topological polar surface area (TPSA) is 94.8 Å². The zero-order valence-electron chi connectivity index (χ0n) is 19.0. The van der Waals surface area contributed by atoms with Gasteiger partial charge in [0, 0.05) is 42.5 Å². The Morgan fingerprint density at radius 2 is 1.89 bits per heavy atom. The van der Waals surface area contributed by atoms with Crippen molar-refractivity contribution in [2.45, 2.75) is 21.3 Å². The van der Waals surface area contributed by atoms with Gasteiger partial charge in [-0.1, -0.05) is 25.6 Å². The fraction of sp³-hybridized carbons (Fsp3) is 0.148. The summed E-state index contributed by atoms with van der Waals surface area (Å²) in [5.74, 6) is 1.12. The third-order valence-electron chi connectivity index (χ3n) is 5.31. The lowest BCUT2D eigenvalue weighted by molar-refractivity contribution is 0.102. The van der Waals surface area contributed by atoms with Gasteiger partial charge in [-0.15, -0.1) is 0 Å². The molecule has 0 saturated carbocycles. The number of nitrogens with one attached hydrogen (secondary N) is 1. The maximum absolute atomic E-state index is 12.9. The zero-order chi connectivity index (χ0) is 23.7. The van der Waals surface area contributed by atoms with E-state index in [1.54, 1.807) is 35.4 Å². The van der Waals surface area contributed by atoms with Gasteiger partial charge >= 0.3 is 0 Å². The van der Waals surface area contributed by atoms with Crippen LogP contribution in [-0.4, -0.2) is 30.6 Å². The van der Waals surface area contributed by atoms with Gasteiger partial charge in [0.2, 0.25) is 5.88 Å². The van der Waals surface area contributed by atoms with Crippen LogP contribution < -0.4 is 10.1 Å². The molecule has 0 saturated heterocycles. The number of hydrogen-bond acceptors (Lipinski definition) is 6. The van der Waals surface area contributed by atoms with Crippen LogP contribution in [-0.2, 0) is 7.05 Å². The van der Waals surface area contributed by atoms with Gasteiger partial charge in [0.05, 0.1) is 0 Å². The highest BCUT2D eigenvalue weighted by Crippen LogP contribution is 2.31. The van der Waals surface area contributed by atoms with E-state index in [4.69, 9.17) is 4.74 Å². The number of ether oxygens (including phenoxy) is 1. The van der Waals surface area contributed by atoms with Crippen molar-refractivity contribution in [1.29, 1.82) is 0 Å². The lowest BCUT2D eigenvalue weighted by Crippen LogP contribution is -2.12. The minimum atomic E-state index is -0.222. The molecule has 0 spiro atoms. The first-order chi connectivity index (χ1) is 16.5. The van der Waals surface area contributed by atoms with Gasteiger partial charge in [-0.2, -0.15) is 10.1 Å². The van der Waals surface area contributed by atoms with Crippen molar-refractivity contribution in [2.75, 3.05) is 5.32 Å². The van der Waals surface area contributed by atoms with E-state index in [0.717, 1.165) is 22.4 Å². The summed E-state index contributed by atoms with van der Waals surface area (Å²) in [5, 5.41) is 8.03. The van der Waals surface area contributed by atoms with E-state index in [-0.39, 0.29) is 13.3 Å². The van der Waals surface area contributed by atoms with Crippen LogP contribution in [0.3, 0.4) is 0 Å². The van der Waals surface area contributed by atoms with Crippen molar-refractivity contribution >= 4 is 22.6 Å². The minimum absolute atomic E-state index is 0. The Morgan fingerprint density at radius 3 is 2.66 bits per heavy atom. The Morgan fingerprint density at radius 1 is 1.03 bits per heavy atom. The van der Waals surface area contributed by atoms with Crippen molar-refractivity contribution in [2.24, 2.45) is 7.05 Å². The second kappa shape index (κ2) is 9.72. The van der Waals surface area contributed by atoms with Crippen LogP contribution in [0.1, 0.15) is 28.9 Å². The first-order valence-corrected chi connectivity index (χ1v) is 10.7. The number of rotatable bonds is 5. The van der Waals surface area contributed by atoms with Crippen LogP contribution in [0.4, 0.5) is 5.69 Å². The summed E-state index contributed by atoms with van der Waals surface area (Å²) < 4.78 is 7.92. The normalized spacial score (nSPS) is 10.6. The van der Waals surface area contributed by atoms with Crippen LogP contribution in [0.2, 0.25) is 0 Å². The number of fused-ring (bicyclic) bond motifs is 1. The molecule has 1 amide bonds. The molecule has 0 atom stereocenters. The molecule has 0 fully saturated rings. The molecule has 0 radical (unpaired) electrons.